The Morgan fingerprint density at radius 1 is 0.737 bits per heavy atom. The van der Waals surface area contributed by atoms with Crippen LogP contribution in [0.2, 0.25) is 0 Å². The number of carbonyl (C=O) groups excluding carboxylic acids is 2. The van der Waals surface area contributed by atoms with Crippen LogP contribution >= 0.6 is 0 Å². The first-order chi connectivity index (χ1) is 18.5. The maximum Gasteiger partial charge on any atom is 0.328 e. The van der Waals surface area contributed by atoms with Crippen LogP contribution in [0.3, 0.4) is 0 Å². The summed E-state index contributed by atoms with van der Waals surface area (Å²) in [6, 6.07) is 29.9. The molecule has 0 radical (unpaired) electrons. The van der Waals surface area contributed by atoms with E-state index in [1.165, 1.54) is 31.4 Å². The van der Waals surface area contributed by atoms with Crippen molar-refractivity contribution in [1.82, 2.24) is 5.32 Å². The largest absolute Gasteiger partial charge is 0.508 e. The Kier molecular flexibility index (Phi) is 8.97. The Labute approximate surface area is 221 Å². The molecule has 0 heterocycles. The maximum absolute atomic E-state index is 12.7. The fraction of sp³-hybridized carbons (Fsp3) is 0.161. The molecule has 7 heteroatoms. The highest BCUT2D eigenvalue weighted by atomic mass is 16.5. The summed E-state index contributed by atoms with van der Waals surface area (Å²) < 4.78 is 17.1. The fourth-order valence-corrected chi connectivity index (χ4v) is 3.81. The van der Waals surface area contributed by atoms with Crippen LogP contribution in [-0.2, 0) is 29.2 Å². The standard InChI is InChI=1S/C31H29NO6/c1-36-31(35)27(32-30(34)25-13-15-26(33)16-14-25)18-24-12-17-28(37-20-22-8-4-2-5-9-22)29(19-24)38-21-23-10-6-3-7-11-23/h2-17,19,27,33H,18,20-21H2,1H3,(H,32,34)/t27-/m0/s1. The van der Waals surface area contributed by atoms with Crippen LogP contribution in [-0.4, -0.2) is 30.1 Å². The molecule has 0 unspecified atom stereocenters. The van der Waals surface area contributed by atoms with E-state index in [-0.39, 0.29) is 12.2 Å². The number of phenols is 1. The molecular weight excluding hydrogens is 482 g/mol. The Bertz CT molecular complexity index is 1340. The normalized spacial score (nSPS) is 11.3. The molecule has 4 aromatic carbocycles. The van der Waals surface area contributed by atoms with Gasteiger partial charge in [0.1, 0.15) is 25.0 Å². The number of ether oxygens (including phenoxy) is 3. The minimum atomic E-state index is -0.931. The van der Waals surface area contributed by atoms with Crippen LogP contribution in [0.1, 0.15) is 27.0 Å². The quantitative estimate of drug-likeness (QED) is 0.273. The number of nitrogens with one attached hydrogen (secondary N) is 1. The third-order valence-electron chi connectivity index (χ3n) is 5.84. The van der Waals surface area contributed by atoms with Crippen LogP contribution in [0.4, 0.5) is 0 Å². The van der Waals surface area contributed by atoms with Crippen LogP contribution in [0.5, 0.6) is 17.2 Å². The van der Waals surface area contributed by atoms with Crippen LogP contribution in [0, 0.1) is 0 Å². The fourth-order valence-electron chi connectivity index (χ4n) is 3.81. The van der Waals surface area contributed by atoms with Crippen molar-refractivity contribution in [3.8, 4) is 17.2 Å². The van der Waals surface area contributed by atoms with Gasteiger partial charge in [0.25, 0.3) is 5.91 Å². The topological polar surface area (TPSA) is 94.1 Å². The molecule has 4 rings (SSSR count). The lowest BCUT2D eigenvalue weighted by Gasteiger charge is -2.19. The summed E-state index contributed by atoms with van der Waals surface area (Å²) >= 11 is 0. The molecule has 0 fully saturated rings. The van der Waals surface area contributed by atoms with Gasteiger partial charge in [-0.2, -0.15) is 0 Å². The number of phenolic OH excluding ortho intramolecular Hbond substituents is 1. The van der Waals surface area contributed by atoms with Gasteiger partial charge in [-0.05, 0) is 53.1 Å². The molecule has 0 saturated carbocycles. The van der Waals surface area contributed by atoms with Gasteiger partial charge in [0.15, 0.2) is 11.5 Å². The van der Waals surface area contributed by atoms with Crippen molar-refractivity contribution in [2.75, 3.05) is 7.11 Å². The van der Waals surface area contributed by atoms with Crippen molar-refractivity contribution < 1.29 is 28.9 Å². The van der Waals surface area contributed by atoms with Gasteiger partial charge in [-0.25, -0.2) is 4.79 Å². The highest BCUT2D eigenvalue weighted by Gasteiger charge is 2.23. The second kappa shape index (κ2) is 13.0. The number of benzene rings is 4. The number of amides is 1. The van der Waals surface area contributed by atoms with E-state index in [0.29, 0.717) is 30.3 Å². The van der Waals surface area contributed by atoms with E-state index in [1.807, 2.05) is 72.8 Å². The Morgan fingerprint density at radius 2 is 1.32 bits per heavy atom. The summed E-state index contributed by atoms with van der Waals surface area (Å²) in [4.78, 5) is 25.3. The molecule has 7 nitrogen and oxygen atoms in total. The molecule has 0 saturated heterocycles. The molecule has 1 amide bonds. The van der Waals surface area contributed by atoms with E-state index >= 15 is 0 Å². The Morgan fingerprint density at radius 3 is 1.89 bits per heavy atom. The predicted molar refractivity (Wildman–Crippen MR) is 143 cm³/mol. The SMILES string of the molecule is COC(=O)[C@H](Cc1ccc(OCc2ccccc2)c(OCc2ccccc2)c1)NC(=O)c1ccc(O)cc1. The molecule has 0 spiro atoms. The number of rotatable bonds is 11. The lowest BCUT2D eigenvalue weighted by Crippen LogP contribution is -2.43. The number of hydrogen-bond donors (Lipinski definition) is 2. The van der Waals surface area contributed by atoms with Crippen LogP contribution in [0.15, 0.2) is 103 Å². The number of hydrogen-bond acceptors (Lipinski definition) is 6. The van der Waals surface area contributed by atoms with Gasteiger partial charge >= 0.3 is 5.97 Å². The van der Waals surface area contributed by atoms with Crippen molar-refractivity contribution in [2.45, 2.75) is 25.7 Å². The summed E-state index contributed by atoms with van der Waals surface area (Å²) in [6.45, 7) is 0.708. The first-order valence-electron chi connectivity index (χ1n) is 12.2. The molecular formula is C31H29NO6. The first-order valence-corrected chi connectivity index (χ1v) is 12.2. The lowest BCUT2D eigenvalue weighted by atomic mass is 10.0. The van der Waals surface area contributed by atoms with Gasteiger partial charge in [-0.15, -0.1) is 0 Å². The van der Waals surface area contributed by atoms with Crippen molar-refractivity contribution in [3.05, 3.63) is 125 Å². The van der Waals surface area contributed by atoms with Gasteiger partial charge in [-0.3, -0.25) is 4.79 Å². The molecule has 38 heavy (non-hydrogen) atoms. The number of esters is 1. The van der Waals surface area contributed by atoms with Crippen molar-refractivity contribution in [3.63, 3.8) is 0 Å². The highest BCUT2D eigenvalue weighted by Crippen LogP contribution is 2.31. The second-order valence-corrected chi connectivity index (χ2v) is 8.63. The summed E-state index contributed by atoms with van der Waals surface area (Å²) in [5, 5.41) is 12.2. The zero-order chi connectivity index (χ0) is 26.7. The van der Waals surface area contributed by atoms with Gasteiger partial charge in [0.2, 0.25) is 0 Å². The molecule has 4 aromatic rings. The minimum absolute atomic E-state index is 0.0451. The Balaban J connectivity index is 1.53. The molecule has 194 valence electrons. The lowest BCUT2D eigenvalue weighted by molar-refractivity contribution is -0.142. The molecule has 0 bridgehead atoms. The molecule has 0 aromatic heterocycles. The van der Waals surface area contributed by atoms with E-state index in [4.69, 9.17) is 14.2 Å². The summed E-state index contributed by atoms with van der Waals surface area (Å²) in [5.41, 5.74) is 3.09. The third kappa shape index (κ3) is 7.36. The van der Waals surface area contributed by atoms with Crippen LogP contribution in [0.25, 0.3) is 0 Å². The zero-order valence-corrected chi connectivity index (χ0v) is 21.0. The van der Waals surface area contributed by atoms with Crippen molar-refractivity contribution in [1.29, 1.82) is 0 Å². The molecule has 2 N–H and O–H groups in total. The van der Waals surface area contributed by atoms with E-state index < -0.39 is 17.9 Å². The van der Waals surface area contributed by atoms with E-state index in [0.717, 1.165) is 16.7 Å². The summed E-state index contributed by atoms with van der Waals surface area (Å²) in [5.74, 6) is 0.104. The minimum Gasteiger partial charge on any atom is -0.508 e. The smallest absolute Gasteiger partial charge is 0.328 e. The average Bonchev–Trinajstić information content (AvgIpc) is 2.96. The summed E-state index contributed by atoms with van der Waals surface area (Å²) in [6.07, 6.45) is 0.178. The van der Waals surface area contributed by atoms with Gasteiger partial charge in [-0.1, -0.05) is 66.7 Å². The third-order valence-corrected chi connectivity index (χ3v) is 5.84. The number of carbonyl (C=O) groups is 2. The van der Waals surface area contributed by atoms with Gasteiger partial charge in [0.05, 0.1) is 7.11 Å². The average molecular weight is 512 g/mol. The number of aromatic hydroxyl groups is 1. The Hall–Kier alpha value is -4.78. The van der Waals surface area contributed by atoms with Gasteiger partial charge in [0, 0.05) is 12.0 Å². The van der Waals surface area contributed by atoms with Crippen molar-refractivity contribution in [2.24, 2.45) is 0 Å². The number of methoxy groups -OCH3 is 1. The van der Waals surface area contributed by atoms with E-state index in [1.54, 1.807) is 6.07 Å². The molecule has 0 aliphatic rings. The molecule has 0 aliphatic carbocycles. The van der Waals surface area contributed by atoms with Crippen molar-refractivity contribution >= 4 is 11.9 Å². The highest BCUT2D eigenvalue weighted by molar-refractivity contribution is 5.96. The predicted octanol–water partition coefficient (Wildman–Crippen LogP) is 5.06. The van der Waals surface area contributed by atoms with Crippen LogP contribution < -0.4 is 14.8 Å². The molecule has 1 atom stereocenters. The zero-order valence-electron chi connectivity index (χ0n) is 21.0. The van der Waals surface area contributed by atoms with E-state index in [2.05, 4.69) is 5.32 Å². The maximum atomic E-state index is 12.7. The monoisotopic (exact) mass is 511 g/mol. The summed E-state index contributed by atoms with van der Waals surface area (Å²) in [7, 11) is 1.27. The van der Waals surface area contributed by atoms with E-state index in [9.17, 15) is 14.7 Å². The second-order valence-electron chi connectivity index (χ2n) is 8.63. The first kappa shape index (κ1) is 26.3. The molecule has 0 aliphatic heterocycles. The van der Waals surface area contributed by atoms with Gasteiger partial charge < -0.3 is 24.6 Å².